The van der Waals surface area contributed by atoms with E-state index in [1.807, 2.05) is 0 Å². The third-order valence-electron chi connectivity index (χ3n) is 2.75. The summed E-state index contributed by atoms with van der Waals surface area (Å²) in [7, 11) is -3.74. The lowest BCUT2D eigenvalue weighted by Gasteiger charge is -2.11. The first-order chi connectivity index (χ1) is 9.85. The van der Waals surface area contributed by atoms with Crippen molar-refractivity contribution in [2.45, 2.75) is 11.4 Å². The number of nitrogens with one attached hydrogen (secondary N) is 1. The molecule has 2 aromatic rings. The van der Waals surface area contributed by atoms with E-state index in [0.29, 0.717) is 11.0 Å². The number of nitrogens with two attached hydrogens (primary N) is 1. The highest BCUT2D eigenvalue weighted by atomic mass is 79.9. The molecule has 0 bridgehead atoms. The fraction of sp³-hybridized carbons (Fsp3) is 0.0769. The van der Waals surface area contributed by atoms with Crippen LogP contribution >= 0.6 is 39.1 Å². The van der Waals surface area contributed by atoms with Crippen molar-refractivity contribution in [3.05, 3.63) is 56.5 Å². The van der Waals surface area contributed by atoms with Gasteiger partial charge < -0.3 is 5.73 Å². The Bertz CT molecular complexity index is 764. The molecule has 112 valence electrons. The third-order valence-corrected chi connectivity index (χ3v) is 5.90. The summed E-state index contributed by atoms with van der Waals surface area (Å²) in [6.45, 7) is 0.349. The topological polar surface area (TPSA) is 72.2 Å². The normalized spacial score (nSPS) is 11.4. The summed E-state index contributed by atoms with van der Waals surface area (Å²) in [5.74, 6) is 0. The molecule has 0 atom stereocenters. The van der Waals surface area contributed by atoms with Crippen LogP contribution in [-0.2, 0) is 16.6 Å². The molecule has 0 spiro atoms. The first kappa shape index (κ1) is 16.6. The molecule has 0 saturated carbocycles. The Kier molecular flexibility index (Phi) is 5.16. The van der Waals surface area contributed by atoms with E-state index in [9.17, 15) is 8.42 Å². The van der Waals surface area contributed by atoms with Crippen molar-refractivity contribution in [2.75, 3.05) is 4.72 Å². The lowest BCUT2D eigenvalue weighted by Crippen LogP contribution is -2.13. The van der Waals surface area contributed by atoms with E-state index in [-0.39, 0.29) is 20.6 Å². The first-order valence-corrected chi connectivity index (χ1v) is 8.83. The Balaban J connectivity index is 2.35. The zero-order valence-electron chi connectivity index (χ0n) is 10.6. The van der Waals surface area contributed by atoms with E-state index in [4.69, 9.17) is 28.9 Å². The monoisotopic (exact) mass is 408 g/mol. The van der Waals surface area contributed by atoms with Crippen LogP contribution in [0.5, 0.6) is 0 Å². The number of hydrogen-bond donors (Lipinski definition) is 2. The van der Waals surface area contributed by atoms with Crippen molar-refractivity contribution in [1.29, 1.82) is 0 Å². The molecule has 2 aromatic carbocycles. The third kappa shape index (κ3) is 3.70. The summed E-state index contributed by atoms with van der Waals surface area (Å²) in [6.07, 6.45) is 0. The predicted molar refractivity (Wildman–Crippen MR) is 89.3 cm³/mol. The molecule has 0 aliphatic carbocycles. The van der Waals surface area contributed by atoms with Crippen LogP contribution in [0.4, 0.5) is 5.69 Å². The van der Waals surface area contributed by atoms with Gasteiger partial charge in [0.25, 0.3) is 10.0 Å². The summed E-state index contributed by atoms with van der Waals surface area (Å²) >= 11 is 15.2. The van der Waals surface area contributed by atoms with Crippen LogP contribution in [0.2, 0.25) is 10.0 Å². The van der Waals surface area contributed by atoms with Crippen molar-refractivity contribution < 1.29 is 8.42 Å². The SMILES string of the molecule is NCc1ccc(S(=O)(=O)Nc2ccc(Br)c(Cl)c2Cl)cc1. The molecule has 0 amide bonds. The van der Waals surface area contributed by atoms with Gasteiger partial charge in [-0.15, -0.1) is 0 Å². The van der Waals surface area contributed by atoms with Crippen LogP contribution in [0, 0.1) is 0 Å². The van der Waals surface area contributed by atoms with Crippen molar-refractivity contribution in [3.8, 4) is 0 Å². The van der Waals surface area contributed by atoms with Gasteiger partial charge >= 0.3 is 0 Å². The molecule has 4 nitrogen and oxygen atoms in total. The van der Waals surface area contributed by atoms with Crippen LogP contribution < -0.4 is 10.5 Å². The van der Waals surface area contributed by atoms with E-state index in [1.165, 1.54) is 18.2 Å². The zero-order valence-corrected chi connectivity index (χ0v) is 14.5. The summed E-state index contributed by atoms with van der Waals surface area (Å²) < 4.78 is 27.6. The molecule has 21 heavy (non-hydrogen) atoms. The van der Waals surface area contributed by atoms with Crippen LogP contribution in [0.3, 0.4) is 0 Å². The first-order valence-electron chi connectivity index (χ1n) is 5.80. The lowest BCUT2D eigenvalue weighted by atomic mass is 10.2. The second-order valence-electron chi connectivity index (χ2n) is 4.18. The molecule has 0 heterocycles. The average molecular weight is 410 g/mol. The molecule has 0 unspecified atom stereocenters. The number of benzene rings is 2. The molecular formula is C13H11BrCl2N2O2S. The van der Waals surface area contributed by atoms with Crippen LogP contribution in [0.25, 0.3) is 0 Å². The molecule has 0 aromatic heterocycles. The van der Waals surface area contributed by atoms with Gasteiger partial charge in [0, 0.05) is 11.0 Å². The molecule has 0 saturated heterocycles. The minimum absolute atomic E-state index is 0.120. The smallest absolute Gasteiger partial charge is 0.261 e. The highest BCUT2D eigenvalue weighted by molar-refractivity contribution is 9.10. The summed E-state index contributed by atoms with van der Waals surface area (Å²) in [6, 6.07) is 9.43. The van der Waals surface area contributed by atoms with Gasteiger partial charge in [-0.2, -0.15) is 0 Å². The van der Waals surface area contributed by atoms with Crippen molar-refractivity contribution in [1.82, 2.24) is 0 Å². The van der Waals surface area contributed by atoms with Crippen LogP contribution in [-0.4, -0.2) is 8.42 Å². The van der Waals surface area contributed by atoms with Gasteiger partial charge in [-0.25, -0.2) is 8.42 Å². The second kappa shape index (κ2) is 6.54. The Morgan fingerprint density at radius 3 is 2.24 bits per heavy atom. The fourth-order valence-corrected chi connectivity index (χ4v) is 3.56. The lowest BCUT2D eigenvalue weighted by molar-refractivity contribution is 0.601. The number of rotatable bonds is 4. The van der Waals surface area contributed by atoms with Crippen LogP contribution in [0.1, 0.15) is 5.56 Å². The number of sulfonamides is 1. The van der Waals surface area contributed by atoms with Gasteiger partial charge in [0.15, 0.2) is 0 Å². The molecule has 2 rings (SSSR count). The van der Waals surface area contributed by atoms with E-state index in [2.05, 4.69) is 20.7 Å². The molecule has 0 aliphatic heterocycles. The highest BCUT2D eigenvalue weighted by Gasteiger charge is 2.17. The summed E-state index contributed by atoms with van der Waals surface area (Å²) in [5, 5.41) is 0.378. The quantitative estimate of drug-likeness (QED) is 0.749. The molecule has 0 aliphatic rings. The minimum atomic E-state index is -3.74. The molecule has 0 fully saturated rings. The Hall–Kier alpha value is -0.790. The van der Waals surface area contributed by atoms with Crippen molar-refractivity contribution in [3.63, 3.8) is 0 Å². The maximum atomic E-state index is 12.3. The van der Waals surface area contributed by atoms with Crippen LogP contribution in [0.15, 0.2) is 45.8 Å². The summed E-state index contributed by atoms with van der Waals surface area (Å²) in [4.78, 5) is 0.120. The van der Waals surface area contributed by atoms with E-state index in [1.54, 1.807) is 18.2 Å². The Morgan fingerprint density at radius 2 is 1.67 bits per heavy atom. The van der Waals surface area contributed by atoms with Gasteiger partial charge in [0.1, 0.15) is 0 Å². The molecular weight excluding hydrogens is 399 g/mol. The number of halogens is 3. The average Bonchev–Trinajstić information content (AvgIpc) is 2.48. The molecule has 8 heteroatoms. The van der Waals surface area contributed by atoms with Crippen molar-refractivity contribution in [2.24, 2.45) is 5.73 Å². The largest absolute Gasteiger partial charge is 0.326 e. The van der Waals surface area contributed by atoms with E-state index >= 15 is 0 Å². The van der Waals surface area contributed by atoms with Gasteiger partial charge in [-0.05, 0) is 45.8 Å². The molecule has 0 radical (unpaired) electrons. The van der Waals surface area contributed by atoms with E-state index < -0.39 is 10.0 Å². The standard InChI is InChI=1S/C13H11BrCl2N2O2S/c14-10-5-6-11(13(16)12(10)15)18-21(19,20)9-3-1-8(7-17)2-4-9/h1-6,18H,7,17H2. The number of anilines is 1. The van der Waals surface area contributed by atoms with Crippen molar-refractivity contribution >= 4 is 54.8 Å². The maximum Gasteiger partial charge on any atom is 0.261 e. The number of hydrogen-bond acceptors (Lipinski definition) is 3. The maximum absolute atomic E-state index is 12.3. The van der Waals surface area contributed by atoms with Gasteiger partial charge in [0.05, 0.1) is 20.6 Å². The summed E-state index contributed by atoms with van der Waals surface area (Å²) in [5.41, 5.74) is 6.54. The van der Waals surface area contributed by atoms with Gasteiger partial charge in [0.2, 0.25) is 0 Å². The zero-order chi connectivity index (χ0) is 15.6. The van der Waals surface area contributed by atoms with Gasteiger partial charge in [-0.1, -0.05) is 35.3 Å². The van der Waals surface area contributed by atoms with Gasteiger partial charge in [-0.3, -0.25) is 4.72 Å². The highest BCUT2D eigenvalue weighted by Crippen LogP contribution is 2.36. The fourth-order valence-electron chi connectivity index (χ4n) is 1.61. The molecule has 3 N–H and O–H groups in total. The van der Waals surface area contributed by atoms with E-state index in [0.717, 1.165) is 5.56 Å². The second-order valence-corrected chi connectivity index (χ2v) is 7.47. The Morgan fingerprint density at radius 1 is 1.05 bits per heavy atom. The predicted octanol–water partition coefficient (Wildman–Crippen LogP) is 4.02. The Labute approximate surface area is 141 Å². The minimum Gasteiger partial charge on any atom is -0.326 e.